The van der Waals surface area contributed by atoms with Gasteiger partial charge in [-0.05, 0) is 37.2 Å². The number of hydrogen-bond acceptors (Lipinski definition) is 0. The third-order valence-corrected chi connectivity index (χ3v) is 4.53. The number of aryl methyl sites for hydroxylation is 1. The number of alkyl halides is 2. The number of benzene rings is 1. The molecule has 0 saturated heterocycles. The molecule has 2 heteroatoms. The minimum absolute atomic E-state index is 0.0342. The summed E-state index contributed by atoms with van der Waals surface area (Å²) in [5.74, 6) is -2.28. The first kappa shape index (κ1) is 16.1. The van der Waals surface area contributed by atoms with Crippen LogP contribution in [-0.4, -0.2) is 5.92 Å². The monoisotopic (exact) mass is 268 g/mol. The van der Waals surface area contributed by atoms with Crippen molar-refractivity contribution < 1.29 is 8.78 Å². The van der Waals surface area contributed by atoms with E-state index >= 15 is 0 Å². The molecule has 0 heterocycles. The van der Waals surface area contributed by atoms with Gasteiger partial charge in [-0.15, -0.1) is 0 Å². The highest BCUT2D eigenvalue weighted by Crippen LogP contribution is 2.44. The van der Waals surface area contributed by atoms with E-state index in [2.05, 4.69) is 45.9 Å². The molecule has 1 aromatic carbocycles. The van der Waals surface area contributed by atoms with E-state index in [1.54, 1.807) is 0 Å². The maximum Gasteiger partial charge on any atom is 0.245 e. The highest BCUT2D eigenvalue weighted by molar-refractivity contribution is 5.26. The highest BCUT2D eigenvalue weighted by atomic mass is 19.3. The molecule has 108 valence electrons. The Morgan fingerprint density at radius 3 is 2.26 bits per heavy atom. The topological polar surface area (TPSA) is 0 Å². The molecule has 0 fully saturated rings. The van der Waals surface area contributed by atoms with Gasteiger partial charge in [0, 0.05) is 6.42 Å². The predicted molar refractivity (Wildman–Crippen MR) is 77.8 cm³/mol. The summed E-state index contributed by atoms with van der Waals surface area (Å²) in [6.07, 6.45) is 1.44. The van der Waals surface area contributed by atoms with Gasteiger partial charge in [0.2, 0.25) is 5.92 Å². The van der Waals surface area contributed by atoms with Crippen LogP contribution in [0.25, 0.3) is 0 Å². The summed E-state index contributed by atoms with van der Waals surface area (Å²) >= 11 is 0. The third-order valence-electron chi connectivity index (χ3n) is 4.53. The van der Waals surface area contributed by atoms with E-state index in [4.69, 9.17) is 0 Å². The van der Waals surface area contributed by atoms with Gasteiger partial charge in [-0.1, -0.05) is 57.0 Å². The van der Waals surface area contributed by atoms with E-state index in [1.807, 2.05) is 6.07 Å². The molecule has 0 aliphatic heterocycles. The Kier molecular flexibility index (Phi) is 5.11. The molecule has 2 atom stereocenters. The molecule has 2 unspecified atom stereocenters. The van der Waals surface area contributed by atoms with Gasteiger partial charge in [-0.3, -0.25) is 0 Å². The van der Waals surface area contributed by atoms with Crippen molar-refractivity contribution in [3.05, 3.63) is 35.4 Å². The largest absolute Gasteiger partial charge is 0.245 e. The quantitative estimate of drug-likeness (QED) is 0.598. The van der Waals surface area contributed by atoms with Crippen LogP contribution in [0.5, 0.6) is 0 Å². The number of halogens is 2. The molecule has 0 aliphatic rings. The molecule has 0 nitrogen and oxygen atoms in total. The predicted octanol–water partition coefficient (Wildman–Crippen LogP) is 5.95. The van der Waals surface area contributed by atoms with Gasteiger partial charge < -0.3 is 0 Å². The molecule has 0 N–H and O–H groups in total. The second-order valence-electron chi connectivity index (χ2n) is 6.21. The van der Waals surface area contributed by atoms with Crippen molar-refractivity contribution in [2.75, 3.05) is 0 Å². The summed E-state index contributed by atoms with van der Waals surface area (Å²) in [4.78, 5) is 0. The van der Waals surface area contributed by atoms with E-state index in [0.29, 0.717) is 12.3 Å². The van der Waals surface area contributed by atoms with Crippen molar-refractivity contribution in [1.82, 2.24) is 0 Å². The van der Waals surface area contributed by atoms with E-state index in [9.17, 15) is 8.78 Å². The fraction of sp³-hybridized carbons (Fsp3) is 0.647. The lowest BCUT2D eigenvalue weighted by Gasteiger charge is -2.36. The van der Waals surface area contributed by atoms with Crippen molar-refractivity contribution in [2.45, 2.75) is 65.7 Å². The minimum atomic E-state index is -2.57. The molecule has 0 saturated carbocycles. The Hall–Kier alpha value is -0.920. The fourth-order valence-electron chi connectivity index (χ4n) is 2.55. The Morgan fingerprint density at radius 1 is 1.16 bits per heavy atom. The Labute approximate surface area is 116 Å². The first-order chi connectivity index (χ1) is 8.68. The molecular weight excluding hydrogens is 242 g/mol. The molecule has 1 rings (SSSR count). The minimum Gasteiger partial charge on any atom is -0.207 e. The van der Waals surface area contributed by atoms with Gasteiger partial charge in [-0.25, -0.2) is 8.78 Å². The lowest BCUT2D eigenvalue weighted by atomic mass is 9.69. The van der Waals surface area contributed by atoms with E-state index in [-0.39, 0.29) is 11.8 Å². The highest BCUT2D eigenvalue weighted by Gasteiger charge is 2.33. The standard InChI is InChI=1S/C17H26F2/c1-6-16(4,10-11-17(5,18)19)14(3)15-9-7-8-13(2)12-15/h7-9,12,14H,6,10-11H2,1-5H3. The molecule has 0 aliphatic carbocycles. The Bertz CT molecular complexity index is 406. The average Bonchev–Trinajstić information content (AvgIpc) is 2.34. The summed E-state index contributed by atoms with van der Waals surface area (Å²) in [5, 5.41) is 0. The van der Waals surface area contributed by atoms with Crippen LogP contribution in [0.1, 0.15) is 64.0 Å². The van der Waals surface area contributed by atoms with Crippen LogP contribution in [0.3, 0.4) is 0 Å². The van der Waals surface area contributed by atoms with Crippen LogP contribution < -0.4 is 0 Å². The van der Waals surface area contributed by atoms with Crippen molar-refractivity contribution in [2.24, 2.45) is 5.41 Å². The Morgan fingerprint density at radius 2 is 1.79 bits per heavy atom. The Balaban J connectivity index is 2.88. The van der Waals surface area contributed by atoms with Gasteiger partial charge in [0.15, 0.2) is 0 Å². The van der Waals surface area contributed by atoms with Gasteiger partial charge in [0.1, 0.15) is 0 Å². The zero-order valence-electron chi connectivity index (χ0n) is 12.8. The maximum absolute atomic E-state index is 13.1. The van der Waals surface area contributed by atoms with Crippen LogP contribution in [0.15, 0.2) is 24.3 Å². The second-order valence-corrected chi connectivity index (χ2v) is 6.21. The lowest BCUT2D eigenvalue weighted by molar-refractivity contribution is -0.00297. The van der Waals surface area contributed by atoms with Crippen LogP contribution >= 0.6 is 0 Å². The van der Waals surface area contributed by atoms with Crippen molar-refractivity contribution in [1.29, 1.82) is 0 Å². The first-order valence-electron chi connectivity index (χ1n) is 7.12. The summed E-state index contributed by atoms with van der Waals surface area (Å²) < 4.78 is 26.2. The molecule has 0 amide bonds. The van der Waals surface area contributed by atoms with Crippen LogP contribution in [0.2, 0.25) is 0 Å². The van der Waals surface area contributed by atoms with E-state index in [1.165, 1.54) is 11.1 Å². The van der Waals surface area contributed by atoms with Gasteiger partial charge in [-0.2, -0.15) is 0 Å². The zero-order valence-corrected chi connectivity index (χ0v) is 12.8. The summed E-state index contributed by atoms with van der Waals surface area (Å²) in [6, 6.07) is 8.39. The van der Waals surface area contributed by atoms with E-state index < -0.39 is 5.92 Å². The van der Waals surface area contributed by atoms with Crippen molar-refractivity contribution >= 4 is 0 Å². The van der Waals surface area contributed by atoms with Crippen LogP contribution in [0.4, 0.5) is 8.78 Å². The molecular formula is C17H26F2. The second kappa shape index (κ2) is 6.02. The van der Waals surface area contributed by atoms with E-state index in [0.717, 1.165) is 13.3 Å². The lowest BCUT2D eigenvalue weighted by Crippen LogP contribution is -2.26. The molecule has 1 aromatic rings. The molecule has 0 spiro atoms. The average molecular weight is 268 g/mol. The SMILES string of the molecule is CCC(C)(CCC(C)(F)F)C(C)c1cccc(C)c1. The summed E-state index contributed by atoms with van der Waals surface area (Å²) in [6.45, 7) is 9.47. The summed E-state index contributed by atoms with van der Waals surface area (Å²) in [5.41, 5.74) is 2.40. The number of rotatable bonds is 6. The fourth-order valence-corrected chi connectivity index (χ4v) is 2.55. The zero-order chi connectivity index (χ0) is 14.7. The van der Waals surface area contributed by atoms with Gasteiger partial charge >= 0.3 is 0 Å². The molecule has 19 heavy (non-hydrogen) atoms. The molecule has 0 aromatic heterocycles. The first-order valence-corrected chi connectivity index (χ1v) is 7.12. The van der Waals surface area contributed by atoms with Crippen LogP contribution in [0, 0.1) is 12.3 Å². The number of hydrogen-bond donors (Lipinski definition) is 0. The van der Waals surface area contributed by atoms with Gasteiger partial charge in [0.25, 0.3) is 0 Å². The smallest absolute Gasteiger partial charge is 0.207 e. The normalized spacial score (nSPS) is 17.0. The molecule has 0 bridgehead atoms. The molecule has 0 radical (unpaired) electrons. The van der Waals surface area contributed by atoms with Crippen molar-refractivity contribution in [3.8, 4) is 0 Å². The maximum atomic E-state index is 13.1. The summed E-state index contributed by atoms with van der Waals surface area (Å²) in [7, 11) is 0. The van der Waals surface area contributed by atoms with Crippen LogP contribution in [-0.2, 0) is 0 Å². The van der Waals surface area contributed by atoms with Gasteiger partial charge in [0.05, 0.1) is 0 Å². The van der Waals surface area contributed by atoms with Crippen molar-refractivity contribution in [3.63, 3.8) is 0 Å². The third kappa shape index (κ3) is 4.59.